The second-order valence-electron chi connectivity index (χ2n) is 2.31. The molecule has 0 saturated heterocycles. The summed E-state index contributed by atoms with van der Waals surface area (Å²) >= 11 is 10.8. The van der Waals surface area contributed by atoms with Crippen molar-refractivity contribution in [3.8, 4) is 0 Å². The third kappa shape index (κ3) is 2.19. The summed E-state index contributed by atoms with van der Waals surface area (Å²) in [5, 5.41) is -0.255. The lowest BCUT2D eigenvalue weighted by Crippen LogP contribution is -2.10. The van der Waals surface area contributed by atoms with Gasteiger partial charge in [-0.05, 0) is 0 Å². The number of pyridine rings is 1. The van der Waals surface area contributed by atoms with E-state index < -0.39 is 17.5 Å². The van der Waals surface area contributed by atoms with Gasteiger partial charge < -0.3 is 4.98 Å². The van der Waals surface area contributed by atoms with E-state index in [9.17, 15) is 13.6 Å². The Morgan fingerprint density at radius 2 is 2.15 bits per heavy atom. The molecule has 0 amide bonds. The Morgan fingerprint density at radius 1 is 1.54 bits per heavy atom. The smallest absolute Gasteiger partial charge is 0.267 e. The summed E-state index contributed by atoms with van der Waals surface area (Å²) in [6, 6.07) is 0.902. The van der Waals surface area contributed by atoms with Crippen LogP contribution in [0.5, 0.6) is 0 Å². The zero-order chi connectivity index (χ0) is 10.0. The summed E-state index contributed by atoms with van der Waals surface area (Å²) in [5.74, 6) is -0.199. The van der Waals surface area contributed by atoms with E-state index in [1.54, 1.807) is 0 Å². The number of halogens is 4. The van der Waals surface area contributed by atoms with E-state index in [2.05, 4.69) is 4.98 Å². The van der Waals surface area contributed by atoms with Crippen LogP contribution in [-0.2, 0) is 5.88 Å². The van der Waals surface area contributed by atoms with Gasteiger partial charge in [-0.2, -0.15) is 0 Å². The van der Waals surface area contributed by atoms with Crippen LogP contribution in [0.2, 0.25) is 5.02 Å². The Labute approximate surface area is 82.5 Å². The van der Waals surface area contributed by atoms with Crippen LogP contribution in [0.1, 0.15) is 17.7 Å². The van der Waals surface area contributed by atoms with Gasteiger partial charge in [0, 0.05) is 11.8 Å². The van der Waals surface area contributed by atoms with Gasteiger partial charge in [-0.25, -0.2) is 8.78 Å². The van der Waals surface area contributed by atoms with Crippen LogP contribution in [0.15, 0.2) is 10.9 Å². The van der Waals surface area contributed by atoms with Gasteiger partial charge in [-0.1, -0.05) is 11.6 Å². The molecular weight excluding hydrogens is 223 g/mol. The quantitative estimate of drug-likeness (QED) is 0.775. The van der Waals surface area contributed by atoms with E-state index in [0.717, 1.165) is 6.07 Å². The van der Waals surface area contributed by atoms with Crippen molar-refractivity contribution in [3.05, 3.63) is 32.7 Å². The Hall–Kier alpha value is -0.610. The van der Waals surface area contributed by atoms with Crippen molar-refractivity contribution in [2.24, 2.45) is 0 Å². The maximum absolute atomic E-state index is 12.3. The molecule has 13 heavy (non-hydrogen) atoms. The second-order valence-corrected chi connectivity index (χ2v) is 2.98. The van der Waals surface area contributed by atoms with Crippen LogP contribution in [-0.4, -0.2) is 4.98 Å². The van der Waals surface area contributed by atoms with Crippen molar-refractivity contribution in [1.29, 1.82) is 0 Å². The van der Waals surface area contributed by atoms with Gasteiger partial charge in [-0.3, -0.25) is 4.79 Å². The summed E-state index contributed by atoms with van der Waals surface area (Å²) in [5.41, 5.74) is -0.976. The molecule has 6 heteroatoms. The molecule has 0 fully saturated rings. The fraction of sp³-hybridized carbons (Fsp3) is 0.286. The van der Waals surface area contributed by atoms with E-state index in [0.29, 0.717) is 0 Å². The van der Waals surface area contributed by atoms with Crippen LogP contribution in [0, 0.1) is 0 Å². The largest absolute Gasteiger partial charge is 0.324 e. The highest BCUT2D eigenvalue weighted by molar-refractivity contribution is 6.31. The van der Waals surface area contributed by atoms with E-state index in [1.807, 2.05) is 0 Å². The number of aromatic amines is 1. The average molecular weight is 228 g/mol. The molecule has 0 saturated carbocycles. The molecule has 0 atom stereocenters. The first-order valence-corrected chi connectivity index (χ1v) is 4.23. The van der Waals surface area contributed by atoms with Crippen molar-refractivity contribution in [2.75, 3.05) is 0 Å². The Balaban J connectivity index is 3.38. The van der Waals surface area contributed by atoms with Crippen LogP contribution in [0.3, 0.4) is 0 Å². The first-order chi connectivity index (χ1) is 6.06. The van der Waals surface area contributed by atoms with Crippen LogP contribution in [0.4, 0.5) is 8.78 Å². The molecule has 0 radical (unpaired) electrons. The Morgan fingerprint density at radius 3 is 2.62 bits per heavy atom. The zero-order valence-corrected chi connectivity index (χ0v) is 7.79. The number of H-pyrrole nitrogens is 1. The number of hydrogen-bond acceptors (Lipinski definition) is 1. The van der Waals surface area contributed by atoms with Crippen LogP contribution < -0.4 is 5.56 Å². The molecule has 1 aromatic rings. The first kappa shape index (κ1) is 10.5. The first-order valence-electron chi connectivity index (χ1n) is 3.32. The lowest BCUT2D eigenvalue weighted by Gasteiger charge is -2.06. The van der Waals surface area contributed by atoms with Gasteiger partial charge in [0.25, 0.3) is 6.43 Å². The number of alkyl halides is 3. The molecular formula is C7H5Cl2F2NO. The van der Waals surface area contributed by atoms with Gasteiger partial charge in [0.1, 0.15) is 0 Å². The molecule has 1 aromatic heterocycles. The number of hydrogen-bond donors (Lipinski definition) is 1. The molecule has 0 spiro atoms. The van der Waals surface area contributed by atoms with E-state index in [4.69, 9.17) is 23.2 Å². The predicted molar refractivity (Wildman–Crippen MR) is 46.6 cm³/mol. The maximum atomic E-state index is 12.3. The van der Waals surface area contributed by atoms with E-state index in [-0.39, 0.29) is 16.6 Å². The fourth-order valence-electron chi connectivity index (χ4n) is 0.930. The van der Waals surface area contributed by atoms with Crippen molar-refractivity contribution in [3.63, 3.8) is 0 Å². The van der Waals surface area contributed by atoms with Gasteiger partial charge in [-0.15, -0.1) is 11.6 Å². The molecule has 0 aliphatic carbocycles. The molecule has 0 aliphatic heterocycles. The normalized spacial score (nSPS) is 10.8. The van der Waals surface area contributed by atoms with Crippen molar-refractivity contribution in [2.45, 2.75) is 12.3 Å². The third-order valence-corrected chi connectivity index (χ3v) is 2.05. The average Bonchev–Trinajstić information content (AvgIpc) is 2.01. The highest BCUT2D eigenvalue weighted by Gasteiger charge is 2.17. The summed E-state index contributed by atoms with van der Waals surface area (Å²) in [6.45, 7) is 0. The molecule has 1 rings (SSSR count). The lowest BCUT2D eigenvalue weighted by molar-refractivity contribution is 0.150. The topological polar surface area (TPSA) is 32.9 Å². The molecule has 1 heterocycles. The van der Waals surface area contributed by atoms with Crippen LogP contribution in [0.25, 0.3) is 0 Å². The summed E-state index contributed by atoms with van der Waals surface area (Å²) in [4.78, 5) is 13.0. The predicted octanol–water partition coefficient (Wildman–Crippen LogP) is 2.70. The maximum Gasteiger partial charge on any atom is 0.267 e. The van der Waals surface area contributed by atoms with Gasteiger partial charge in [0.2, 0.25) is 5.56 Å². The Bertz CT molecular complexity index is 364. The molecule has 72 valence electrons. The van der Waals surface area contributed by atoms with Gasteiger partial charge in [0.05, 0.1) is 16.5 Å². The minimum Gasteiger partial charge on any atom is -0.324 e. The van der Waals surface area contributed by atoms with Gasteiger partial charge >= 0.3 is 0 Å². The summed E-state index contributed by atoms with van der Waals surface area (Å²) in [7, 11) is 0. The molecule has 0 aliphatic rings. The monoisotopic (exact) mass is 227 g/mol. The highest BCUT2D eigenvalue weighted by atomic mass is 35.5. The minimum atomic E-state index is -2.74. The van der Waals surface area contributed by atoms with Gasteiger partial charge in [0.15, 0.2) is 0 Å². The summed E-state index contributed by atoms with van der Waals surface area (Å²) < 4.78 is 24.7. The number of rotatable bonds is 2. The van der Waals surface area contributed by atoms with Crippen LogP contribution >= 0.6 is 23.2 Å². The molecule has 1 N–H and O–H groups in total. The minimum absolute atomic E-state index is 0.0332. The molecule has 0 unspecified atom stereocenters. The fourth-order valence-corrected chi connectivity index (χ4v) is 1.44. The van der Waals surface area contributed by atoms with Crippen molar-refractivity contribution >= 4 is 23.2 Å². The van der Waals surface area contributed by atoms with E-state index >= 15 is 0 Å². The lowest BCUT2D eigenvalue weighted by atomic mass is 10.2. The zero-order valence-electron chi connectivity index (χ0n) is 6.28. The molecule has 2 nitrogen and oxygen atoms in total. The number of aromatic nitrogens is 1. The number of nitrogens with one attached hydrogen (secondary N) is 1. The van der Waals surface area contributed by atoms with Crippen molar-refractivity contribution < 1.29 is 8.78 Å². The summed E-state index contributed by atoms with van der Waals surface area (Å²) in [6.07, 6.45) is -2.74. The molecule has 0 bridgehead atoms. The SMILES string of the molecule is O=c1cc(Cl)c(C(F)F)c(CCl)[nH]1. The molecule has 0 aromatic carbocycles. The highest BCUT2D eigenvalue weighted by Crippen LogP contribution is 2.28. The second kappa shape index (κ2) is 4.07. The van der Waals surface area contributed by atoms with Crippen molar-refractivity contribution in [1.82, 2.24) is 4.98 Å². The van der Waals surface area contributed by atoms with E-state index in [1.165, 1.54) is 0 Å². The Kier molecular flexibility index (Phi) is 3.27. The third-order valence-electron chi connectivity index (χ3n) is 1.47. The standard InChI is InChI=1S/C7H5Cl2F2NO/c8-2-4-6(7(10)11)3(9)1-5(13)12-4/h1,7H,2H2,(H,12,13).